The highest BCUT2D eigenvalue weighted by atomic mass is 32.2. The molecular weight excluding hydrogens is 306 g/mol. The van der Waals surface area contributed by atoms with Crippen LogP contribution < -0.4 is 4.72 Å². The van der Waals surface area contributed by atoms with E-state index < -0.39 is 16.1 Å². The van der Waals surface area contributed by atoms with Gasteiger partial charge in [0, 0.05) is 10.9 Å². The Balaban J connectivity index is 2.10. The van der Waals surface area contributed by atoms with E-state index in [1.54, 1.807) is 6.07 Å². The van der Waals surface area contributed by atoms with Crippen LogP contribution in [0.1, 0.15) is 17.4 Å². The minimum Gasteiger partial charge on any atom is -0.395 e. The van der Waals surface area contributed by atoms with Crippen molar-refractivity contribution in [1.82, 2.24) is 4.72 Å². The van der Waals surface area contributed by atoms with E-state index in [1.165, 1.54) is 11.3 Å². The third-order valence-electron chi connectivity index (χ3n) is 3.12. The molecule has 0 aliphatic heterocycles. The van der Waals surface area contributed by atoms with Crippen LogP contribution in [0.15, 0.2) is 46.7 Å². The van der Waals surface area contributed by atoms with Gasteiger partial charge in [-0.3, -0.25) is 0 Å². The molecule has 6 heteroatoms. The Morgan fingerprint density at radius 2 is 1.90 bits per heavy atom. The molecule has 0 spiro atoms. The molecule has 0 saturated heterocycles. The maximum absolute atomic E-state index is 12.3. The first-order valence-corrected chi connectivity index (χ1v) is 9.11. The van der Waals surface area contributed by atoms with E-state index in [0.29, 0.717) is 10.6 Å². The molecule has 2 rings (SSSR count). The summed E-state index contributed by atoms with van der Waals surface area (Å²) in [6, 6.07) is 12.4. The van der Waals surface area contributed by atoms with Gasteiger partial charge in [-0.25, -0.2) is 13.1 Å². The summed E-state index contributed by atoms with van der Waals surface area (Å²) in [5.74, 6) is 0. The maximum Gasteiger partial charge on any atom is 0.250 e. The summed E-state index contributed by atoms with van der Waals surface area (Å²) >= 11 is 1.27. The number of benzene rings is 1. The summed E-state index contributed by atoms with van der Waals surface area (Å²) in [5.41, 5.74) is 0.986. The van der Waals surface area contributed by atoms with Crippen LogP contribution in [0.25, 0.3) is 0 Å². The monoisotopic (exact) mass is 325 g/mol. The molecule has 114 valence electrons. The number of aryl methyl sites for hydroxylation is 1. The average Bonchev–Trinajstić information content (AvgIpc) is 2.97. The van der Waals surface area contributed by atoms with E-state index in [0.717, 1.165) is 16.9 Å². The van der Waals surface area contributed by atoms with Crippen LogP contribution in [-0.4, -0.2) is 26.2 Å². The van der Waals surface area contributed by atoms with Gasteiger partial charge in [-0.2, -0.15) is 0 Å². The van der Waals surface area contributed by atoms with Crippen molar-refractivity contribution in [2.45, 2.75) is 30.0 Å². The van der Waals surface area contributed by atoms with Crippen LogP contribution in [0, 0.1) is 0 Å². The third-order valence-corrected chi connectivity index (χ3v) is 6.36. The lowest BCUT2D eigenvalue weighted by molar-refractivity contribution is 0.256. The zero-order valence-corrected chi connectivity index (χ0v) is 13.5. The van der Waals surface area contributed by atoms with Crippen LogP contribution in [0.2, 0.25) is 0 Å². The molecule has 2 aromatic rings. The SMILES string of the molecule is CCc1ccc(S(=O)(=O)N[C@H](CO)Cc2ccccc2)s1. The normalized spacial score (nSPS) is 13.2. The third kappa shape index (κ3) is 4.38. The number of aliphatic hydroxyl groups excluding tert-OH is 1. The summed E-state index contributed by atoms with van der Waals surface area (Å²) in [6.07, 6.45) is 1.27. The van der Waals surface area contributed by atoms with Crippen LogP contribution in [-0.2, 0) is 22.9 Å². The van der Waals surface area contributed by atoms with Gasteiger partial charge in [-0.05, 0) is 30.5 Å². The summed E-state index contributed by atoms with van der Waals surface area (Å²) in [5, 5.41) is 9.43. The highest BCUT2D eigenvalue weighted by molar-refractivity contribution is 7.91. The summed E-state index contributed by atoms with van der Waals surface area (Å²) < 4.78 is 27.5. The number of thiophene rings is 1. The first kappa shape index (κ1) is 16.2. The second-order valence-electron chi connectivity index (χ2n) is 4.76. The summed E-state index contributed by atoms with van der Waals surface area (Å²) in [7, 11) is -3.57. The highest BCUT2D eigenvalue weighted by Gasteiger charge is 2.21. The molecule has 4 nitrogen and oxygen atoms in total. The largest absolute Gasteiger partial charge is 0.395 e. The number of hydrogen-bond donors (Lipinski definition) is 2. The predicted octanol–water partition coefficient (Wildman–Crippen LogP) is 2.19. The molecule has 21 heavy (non-hydrogen) atoms. The Morgan fingerprint density at radius 1 is 1.19 bits per heavy atom. The fourth-order valence-corrected chi connectivity index (χ4v) is 4.55. The number of rotatable bonds is 7. The van der Waals surface area contributed by atoms with Crippen LogP contribution in [0.3, 0.4) is 0 Å². The van der Waals surface area contributed by atoms with Crippen molar-refractivity contribution in [3.8, 4) is 0 Å². The van der Waals surface area contributed by atoms with Crippen molar-refractivity contribution in [3.05, 3.63) is 52.9 Å². The lowest BCUT2D eigenvalue weighted by atomic mass is 10.1. The van der Waals surface area contributed by atoms with Gasteiger partial charge in [0.25, 0.3) is 0 Å². The van der Waals surface area contributed by atoms with Crippen molar-refractivity contribution in [3.63, 3.8) is 0 Å². The Morgan fingerprint density at radius 3 is 2.48 bits per heavy atom. The molecule has 2 N–H and O–H groups in total. The average molecular weight is 325 g/mol. The van der Waals surface area contributed by atoms with E-state index in [4.69, 9.17) is 0 Å². The Labute approximate surface area is 129 Å². The van der Waals surface area contributed by atoms with Gasteiger partial charge in [0.2, 0.25) is 10.0 Å². The van der Waals surface area contributed by atoms with Gasteiger partial charge >= 0.3 is 0 Å². The molecule has 0 radical (unpaired) electrons. The minimum absolute atomic E-state index is 0.236. The highest BCUT2D eigenvalue weighted by Crippen LogP contribution is 2.22. The number of sulfonamides is 1. The molecule has 0 unspecified atom stereocenters. The minimum atomic E-state index is -3.57. The predicted molar refractivity (Wildman–Crippen MR) is 85.0 cm³/mol. The molecule has 1 aromatic carbocycles. The number of nitrogens with one attached hydrogen (secondary N) is 1. The van der Waals surface area contributed by atoms with Crippen molar-refractivity contribution < 1.29 is 13.5 Å². The van der Waals surface area contributed by atoms with Crippen LogP contribution in [0.5, 0.6) is 0 Å². The van der Waals surface area contributed by atoms with Gasteiger partial charge in [0.1, 0.15) is 4.21 Å². The Hall–Kier alpha value is -1.21. The van der Waals surface area contributed by atoms with Crippen molar-refractivity contribution in [2.24, 2.45) is 0 Å². The molecule has 0 amide bonds. The maximum atomic E-state index is 12.3. The Bertz CT molecular complexity index is 665. The molecule has 0 fully saturated rings. The first-order chi connectivity index (χ1) is 10.0. The molecule has 0 bridgehead atoms. The fourth-order valence-electron chi connectivity index (χ4n) is 2.01. The fraction of sp³-hybridized carbons (Fsp3) is 0.333. The second-order valence-corrected chi connectivity index (χ2v) is 7.87. The van der Waals surface area contributed by atoms with Gasteiger partial charge in [-0.15, -0.1) is 11.3 Å². The Kier molecular flexibility index (Phi) is 5.52. The van der Waals surface area contributed by atoms with Gasteiger partial charge in [0.15, 0.2) is 0 Å². The van der Waals surface area contributed by atoms with Gasteiger partial charge in [-0.1, -0.05) is 37.3 Å². The second kappa shape index (κ2) is 7.17. The first-order valence-electron chi connectivity index (χ1n) is 6.81. The quantitative estimate of drug-likeness (QED) is 0.820. The van der Waals surface area contributed by atoms with Crippen LogP contribution >= 0.6 is 11.3 Å². The molecule has 1 heterocycles. The zero-order chi connectivity index (χ0) is 15.3. The van der Waals surface area contributed by atoms with E-state index in [9.17, 15) is 13.5 Å². The van der Waals surface area contributed by atoms with Crippen LogP contribution in [0.4, 0.5) is 0 Å². The standard InChI is InChI=1S/C15H19NO3S2/c1-2-14-8-9-15(20-14)21(18,19)16-13(11-17)10-12-6-4-3-5-7-12/h3-9,13,16-17H,2,10-11H2,1H3/t13-/m0/s1. The molecular formula is C15H19NO3S2. The van der Waals surface area contributed by atoms with Crippen molar-refractivity contribution >= 4 is 21.4 Å². The van der Waals surface area contributed by atoms with Crippen molar-refractivity contribution in [2.75, 3.05) is 6.61 Å². The lowest BCUT2D eigenvalue weighted by Gasteiger charge is -2.15. The van der Waals surface area contributed by atoms with Gasteiger partial charge < -0.3 is 5.11 Å². The number of hydrogen-bond acceptors (Lipinski definition) is 4. The molecule has 0 aliphatic carbocycles. The van der Waals surface area contributed by atoms with Crippen molar-refractivity contribution in [1.29, 1.82) is 0 Å². The number of aliphatic hydroxyl groups is 1. The molecule has 1 aromatic heterocycles. The van der Waals surface area contributed by atoms with E-state index >= 15 is 0 Å². The smallest absolute Gasteiger partial charge is 0.250 e. The molecule has 1 atom stereocenters. The summed E-state index contributed by atoms with van der Waals surface area (Å²) in [6.45, 7) is 1.75. The van der Waals surface area contributed by atoms with Gasteiger partial charge in [0.05, 0.1) is 6.61 Å². The van der Waals surface area contributed by atoms with E-state index in [-0.39, 0.29) is 6.61 Å². The van der Waals surface area contributed by atoms with E-state index in [1.807, 2.05) is 43.3 Å². The molecule has 0 saturated carbocycles. The van der Waals surface area contributed by atoms with E-state index in [2.05, 4.69) is 4.72 Å². The molecule has 0 aliphatic rings. The zero-order valence-electron chi connectivity index (χ0n) is 11.8. The topological polar surface area (TPSA) is 66.4 Å². The summed E-state index contributed by atoms with van der Waals surface area (Å²) in [4.78, 5) is 1.03. The lowest BCUT2D eigenvalue weighted by Crippen LogP contribution is -2.38.